The van der Waals surface area contributed by atoms with Gasteiger partial charge in [0.25, 0.3) is 5.91 Å². The second-order valence-electron chi connectivity index (χ2n) is 8.49. The van der Waals surface area contributed by atoms with Crippen LogP contribution >= 0.6 is 11.8 Å². The van der Waals surface area contributed by atoms with E-state index >= 15 is 0 Å². The molecule has 9 nitrogen and oxygen atoms in total. The second-order valence-corrected chi connectivity index (χ2v) is 9.36. The van der Waals surface area contributed by atoms with Crippen molar-refractivity contribution in [3.63, 3.8) is 0 Å². The predicted molar refractivity (Wildman–Crippen MR) is 133 cm³/mol. The number of alkyl halides is 3. The quantitative estimate of drug-likeness (QED) is 0.411. The Kier molecular flexibility index (Phi) is 8.10. The molecule has 3 heterocycles. The van der Waals surface area contributed by atoms with Crippen LogP contribution in [0.2, 0.25) is 0 Å². The van der Waals surface area contributed by atoms with Crippen LogP contribution in [0, 0.1) is 0 Å². The van der Waals surface area contributed by atoms with Crippen LogP contribution in [0.5, 0.6) is 5.75 Å². The number of nitrogens with zero attached hydrogens (tertiary/aromatic N) is 4. The van der Waals surface area contributed by atoms with Crippen LogP contribution < -0.4 is 15.4 Å². The van der Waals surface area contributed by atoms with E-state index in [9.17, 15) is 22.8 Å². The molecule has 0 radical (unpaired) electrons. The number of hydrogen-bond donors (Lipinski definition) is 2. The van der Waals surface area contributed by atoms with Crippen LogP contribution in [-0.4, -0.2) is 56.2 Å². The van der Waals surface area contributed by atoms with Gasteiger partial charge in [-0.05, 0) is 42.0 Å². The third-order valence-electron chi connectivity index (χ3n) is 5.86. The number of aryl methyl sites for hydroxylation is 3. The molecule has 1 atom stereocenters. The lowest BCUT2D eigenvalue weighted by Crippen LogP contribution is -2.36. The average Bonchev–Trinajstić information content (AvgIpc) is 3.49. The minimum absolute atomic E-state index is 0.113. The Hall–Kier alpha value is -3.48. The molecular formula is C24H27F3N6O3S. The predicted octanol–water partition coefficient (Wildman–Crippen LogP) is 3.61. The fourth-order valence-electron chi connectivity index (χ4n) is 4.26. The number of rotatable bonds is 10. The summed E-state index contributed by atoms with van der Waals surface area (Å²) in [5.74, 6) is 0.0567. The number of aromatic nitrogens is 4. The lowest BCUT2D eigenvalue weighted by molar-refractivity contribution is -0.153. The van der Waals surface area contributed by atoms with Gasteiger partial charge in [-0.2, -0.15) is 35.1 Å². The fourth-order valence-corrected chi connectivity index (χ4v) is 4.59. The zero-order valence-corrected chi connectivity index (χ0v) is 21.2. The summed E-state index contributed by atoms with van der Waals surface area (Å²) in [6, 6.07) is 6.09. The number of carbonyl (C=O) groups is 2. The lowest BCUT2D eigenvalue weighted by atomic mass is 9.91. The highest BCUT2D eigenvalue weighted by atomic mass is 32.2. The topological polar surface area (TPSA) is 103 Å². The molecule has 0 fully saturated rings. The molecule has 0 aliphatic carbocycles. The van der Waals surface area contributed by atoms with Crippen molar-refractivity contribution in [1.29, 1.82) is 0 Å². The first-order chi connectivity index (χ1) is 17.7. The van der Waals surface area contributed by atoms with E-state index in [1.807, 2.05) is 19.4 Å². The maximum absolute atomic E-state index is 13.3. The van der Waals surface area contributed by atoms with Crippen molar-refractivity contribution in [3.8, 4) is 5.75 Å². The molecule has 0 bridgehead atoms. The molecular weight excluding hydrogens is 509 g/mol. The van der Waals surface area contributed by atoms with Crippen molar-refractivity contribution in [1.82, 2.24) is 24.9 Å². The molecule has 1 aliphatic rings. The van der Waals surface area contributed by atoms with Gasteiger partial charge in [-0.3, -0.25) is 14.3 Å². The van der Waals surface area contributed by atoms with E-state index in [-0.39, 0.29) is 23.3 Å². The molecule has 0 spiro atoms. The number of nitrogens with one attached hydrogen (secondary N) is 2. The molecule has 3 aromatic rings. The van der Waals surface area contributed by atoms with E-state index < -0.39 is 18.8 Å². The van der Waals surface area contributed by atoms with Crippen molar-refractivity contribution >= 4 is 29.4 Å². The zero-order valence-electron chi connectivity index (χ0n) is 20.3. The van der Waals surface area contributed by atoms with Crippen molar-refractivity contribution in [3.05, 3.63) is 59.0 Å². The summed E-state index contributed by atoms with van der Waals surface area (Å²) in [5.41, 5.74) is 2.39. The molecule has 4 rings (SSSR count). The molecule has 1 aliphatic heterocycles. The molecule has 1 aromatic carbocycles. The van der Waals surface area contributed by atoms with Gasteiger partial charge in [0.15, 0.2) is 6.61 Å². The summed E-state index contributed by atoms with van der Waals surface area (Å²) in [5, 5.41) is 14.7. The molecule has 37 heavy (non-hydrogen) atoms. The summed E-state index contributed by atoms with van der Waals surface area (Å²) >= 11 is 1.37. The summed E-state index contributed by atoms with van der Waals surface area (Å²) in [4.78, 5) is 25.7. The van der Waals surface area contributed by atoms with Crippen LogP contribution in [0.3, 0.4) is 0 Å². The van der Waals surface area contributed by atoms with Gasteiger partial charge in [0.1, 0.15) is 17.1 Å². The van der Waals surface area contributed by atoms with Gasteiger partial charge >= 0.3 is 6.18 Å². The first kappa shape index (κ1) is 26.6. The van der Waals surface area contributed by atoms with Crippen LogP contribution in [0.25, 0.3) is 0 Å². The second kappa shape index (κ2) is 11.3. The fraction of sp³-hybridized carbons (Fsp3) is 0.417. The Balaban J connectivity index is 1.61. The van der Waals surface area contributed by atoms with Crippen LogP contribution in [0.1, 0.15) is 40.1 Å². The number of thioether (sulfide) groups is 1. The molecule has 13 heteroatoms. The van der Waals surface area contributed by atoms with Crippen molar-refractivity contribution in [2.24, 2.45) is 0 Å². The molecule has 198 valence electrons. The van der Waals surface area contributed by atoms with Crippen LogP contribution in [-0.2, 0) is 30.7 Å². The third kappa shape index (κ3) is 6.45. The minimum atomic E-state index is -4.43. The van der Waals surface area contributed by atoms with Crippen molar-refractivity contribution in [2.75, 3.05) is 23.9 Å². The van der Waals surface area contributed by atoms with E-state index in [0.717, 1.165) is 11.1 Å². The number of anilines is 1. The number of benzene rings is 1. The van der Waals surface area contributed by atoms with Gasteiger partial charge in [-0.1, -0.05) is 13.0 Å². The number of carbonyl (C=O) groups excluding carboxylic acids is 2. The Morgan fingerprint density at radius 1 is 1.32 bits per heavy atom. The number of hydrogen-bond acceptors (Lipinski definition) is 6. The van der Waals surface area contributed by atoms with Gasteiger partial charge in [0, 0.05) is 18.8 Å². The molecule has 0 saturated carbocycles. The summed E-state index contributed by atoms with van der Waals surface area (Å²) in [6.07, 6.45) is 1.75. The Morgan fingerprint density at radius 2 is 2.14 bits per heavy atom. The van der Waals surface area contributed by atoms with E-state index in [1.54, 1.807) is 33.8 Å². The average molecular weight is 537 g/mol. The maximum atomic E-state index is 13.3. The number of fused-ring (bicyclic) bond motifs is 1. The van der Waals surface area contributed by atoms with E-state index in [2.05, 4.69) is 20.8 Å². The lowest BCUT2D eigenvalue weighted by Gasteiger charge is -2.26. The van der Waals surface area contributed by atoms with E-state index in [1.165, 1.54) is 17.8 Å². The number of amides is 2. The highest BCUT2D eigenvalue weighted by Crippen LogP contribution is 2.33. The first-order valence-corrected chi connectivity index (χ1v) is 13.1. The normalized spacial score (nSPS) is 15.3. The van der Waals surface area contributed by atoms with Crippen LogP contribution in [0.4, 0.5) is 19.0 Å². The van der Waals surface area contributed by atoms with Crippen molar-refractivity contribution < 1.29 is 27.5 Å². The SMILES string of the molecule is CCc1cc(OCC(F)(F)F)ccc1C1Cc2nn(CCn3cccn3)c(NC(=O)CSC)c2C(=O)N1. The zero-order chi connectivity index (χ0) is 26.6. The summed E-state index contributed by atoms with van der Waals surface area (Å²) < 4.78 is 45.9. The summed E-state index contributed by atoms with van der Waals surface area (Å²) in [6.45, 7) is 1.38. The number of ether oxygens (including phenoxy) is 1. The van der Waals surface area contributed by atoms with E-state index in [4.69, 9.17) is 4.74 Å². The minimum Gasteiger partial charge on any atom is -0.484 e. The summed E-state index contributed by atoms with van der Waals surface area (Å²) in [7, 11) is 0. The molecule has 2 amide bonds. The van der Waals surface area contributed by atoms with Gasteiger partial charge in [0.2, 0.25) is 5.91 Å². The molecule has 2 N–H and O–H groups in total. The van der Waals surface area contributed by atoms with Gasteiger partial charge in [-0.25, -0.2) is 4.68 Å². The number of halogens is 3. The van der Waals surface area contributed by atoms with Crippen molar-refractivity contribution in [2.45, 2.75) is 45.1 Å². The largest absolute Gasteiger partial charge is 0.484 e. The Labute approximate surface area is 215 Å². The smallest absolute Gasteiger partial charge is 0.422 e. The standard InChI is InChI=1S/C24H27F3N6O3S/c1-3-15-11-16(36-14-24(25,26)27)5-6-17(15)18-12-19-21(23(35)29-18)22(30-20(34)13-37-2)33(31-19)10-9-32-8-4-7-28-32/h4-8,11,18H,3,9-10,12-14H2,1-2H3,(H,29,35)(H,30,34). The van der Waals surface area contributed by atoms with Crippen LogP contribution in [0.15, 0.2) is 36.7 Å². The van der Waals surface area contributed by atoms with Gasteiger partial charge in [-0.15, -0.1) is 0 Å². The highest BCUT2D eigenvalue weighted by molar-refractivity contribution is 7.99. The molecule has 0 saturated heterocycles. The molecule has 2 aromatic heterocycles. The first-order valence-electron chi connectivity index (χ1n) is 11.7. The maximum Gasteiger partial charge on any atom is 0.422 e. The highest BCUT2D eigenvalue weighted by Gasteiger charge is 2.34. The molecule has 1 unspecified atom stereocenters. The Bertz CT molecular complexity index is 1260. The Morgan fingerprint density at radius 3 is 2.81 bits per heavy atom. The van der Waals surface area contributed by atoms with Gasteiger partial charge in [0.05, 0.1) is 30.6 Å². The third-order valence-corrected chi connectivity index (χ3v) is 6.41. The van der Waals surface area contributed by atoms with E-state index in [0.29, 0.717) is 43.0 Å². The monoisotopic (exact) mass is 536 g/mol. The van der Waals surface area contributed by atoms with Gasteiger partial charge < -0.3 is 15.4 Å².